The van der Waals surface area contributed by atoms with E-state index in [4.69, 9.17) is 10.8 Å². The Hall–Kier alpha value is -1.92. The summed E-state index contributed by atoms with van der Waals surface area (Å²) in [6.07, 6.45) is -0.398. The Balaban J connectivity index is 2.14. The standard InChI is InChI=1S/C13H16N2O4/c14-12(17)9-3-1-2-8(4-9)6-15-7-10(16)5-11(15)13(18)19/h1-4,10-11,16H,5-7H2,(H2,14,17)(H,18,19). The fraction of sp³-hybridized carbons (Fsp3) is 0.385. The second-order valence-corrected chi connectivity index (χ2v) is 4.74. The summed E-state index contributed by atoms with van der Waals surface area (Å²) in [5.41, 5.74) is 6.40. The molecule has 1 heterocycles. The Bertz CT molecular complexity index is 503. The van der Waals surface area contributed by atoms with Crippen molar-refractivity contribution >= 4 is 11.9 Å². The van der Waals surface area contributed by atoms with Crippen molar-refractivity contribution in [2.75, 3.05) is 6.54 Å². The van der Waals surface area contributed by atoms with E-state index in [0.717, 1.165) is 5.56 Å². The number of carboxylic acids is 1. The van der Waals surface area contributed by atoms with Gasteiger partial charge in [-0.05, 0) is 17.7 Å². The number of carbonyl (C=O) groups excluding carboxylic acids is 1. The van der Waals surface area contributed by atoms with Crippen LogP contribution in [-0.2, 0) is 11.3 Å². The number of rotatable bonds is 4. The third-order valence-corrected chi connectivity index (χ3v) is 3.26. The van der Waals surface area contributed by atoms with Crippen LogP contribution >= 0.6 is 0 Å². The number of nitrogens with two attached hydrogens (primary N) is 1. The predicted molar refractivity (Wildman–Crippen MR) is 67.4 cm³/mol. The lowest BCUT2D eigenvalue weighted by atomic mass is 10.1. The van der Waals surface area contributed by atoms with Gasteiger partial charge in [0.1, 0.15) is 6.04 Å². The van der Waals surface area contributed by atoms with Crippen LogP contribution in [0.15, 0.2) is 24.3 Å². The summed E-state index contributed by atoms with van der Waals surface area (Å²) in [5, 5.41) is 18.7. The van der Waals surface area contributed by atoms with Crippen molar-refractivity contribution < 1.29 is 19.8 Å². The molecule has 102 valence electrons. The van der Waals surface area contributed by atoms with Crippen LogP contribution in [0.25, 0.3) is 0 Å². The second kappa shape index (κ2) is 5.38. The summed E-state index contributed by atoms with van der Waals surface area (Å²) in [5.74, 6) is -1.46. The molecule has 2 atom stereocenters. The van der Waals surface area contributed by atoms with E-state index in [1.165, 1.54) is 0 Å². The van der Waals surface area contributed by atoms with Gasteiger partial charge in [0.25, 0.3) is 0 Å². The first-order chi connectivity index (χ1) is 8.97. The first kappa shape index (κ1) is 13.5. The van der Waals surface area contributed by atoms with E-state index in [0.29, 0.717) is 18.7 Å². The highest BCUT2D eigenvalue weighted by atomic mass is 16.4. The number of carbonyl (C=O) groups is 2. The lowest BCUT2D eigenvalue weighted by Crippen LogP contribution is -2.35. The Morgan fingerprint density at radius 3 is 2.79 bits per heavy atom. The minimum atomic E-state index is -0.942. The van der Waals surface area contributed by atoms with Gasteiger partial charge in [0.15, 0.2) is 0 Å². The Morgan fingerprint density at radius 2 is 2.16 bits per heavy atom. The molecule has 1 fully saturated rings. The van der Waals surface area contributed by atoms with Gasteiger partial charge in [-0.15, -0.1) is 0 Å². The lowest BCUT2D eigenvalue weighted by molar-refractivity contribution is -0.142. The first-order valence-corrected chi connectivity index (χ1v) is 6.01. The fourth-order valence-electron chi connectivity index (χ4n) is 2.37. The summed E-state index contributed by atoms with van der Waals surface area (Å²) < 4.78 is 0. The lowest BCUT2D eigenvalue weighted by Gasteiger charge is -2.20. The molecule has 1 amide bonds. The molecule has 19 heavy (non-hydrogen) atoms. The number of hydrogen-bond acceptors (Lipinski definition) is 4. The predicted octanol–water partition coefficient (Wildman–Crippen LogP) is -0.195. The Morgan fingerprint density at radius 1 is 1.42 bits per heavy atom. The molecule has 0 saturated carbocycles. The SMILES string of the molecule is NC(=O)c1cccc(CN2CC(O)CC2C(=O)O)c1. The molecule has 1 aromatic rings. The molecule has 6 heteroatoms. The largest absolute Gasteiger partial charge is 0.480 e. The Kier molecular flexibility index (Phi) is 3.82. The normalized spacial score (nSPS) is 23.4. The molecule has 2 rings (SSSR count). The van der Waals surface area contributed by atoms with Crippen molar-refractivity contribution in [3.05, 3.63) is 35.4 Å². The number of aliphatic carboxylic acids is 1. The first-order valence-electron chi connectivity index (χ1n) is 6.01. The zero-order chi connectivity index (χ0) is 14.0. The van der Waals surface area contributed by atoms with Crippen LogP contribution in [0.5, 0.6) is 0 Å². The maximum atomic E-state index is 11.1. The number of primary amides is 1. The van der Waals surface area contributed by atoms with Gasteiger partial charge in [0.05, 0.1) is 6.10 Å². The van der Waals surface area contributed by atoms with Crippen molar-refractivity contribution in [2.24, 2.45) is 5.73 Å². The van der Waals surface area contributed by atoms with Crippen LogP contribution in [0.2, 0.25) is 0 Å². The molecule has 2 unspecified atom stereocenters. The molecular weight excluding hydrogens is 248 g/mol. The minimum absolute atomic E-state index is 0.227. The molecule has 6 nitrogen and oxygen atoms in total. The average molecular weight is 264 g/mol. The van der Waals surface area contributed by atoms with Crippen molar-refractivity contribution in [2.45, 2.75) is 25.1 Å². The average Bonchev–Trinajstić information content (AvgIpc) is 2.70. The number of amides is 1. The van der Waals surface area contributed by atoms with Crippen LogP contribution < -0.4 is 5.73 Å². The summed E-state index contributed by atoms with van der Waals surface area (Å²) >= 11 is 0. The van der Waals surface area contributed by atoms with Crippen LogP contribution in [-0.4, -0.2) is 45.7 Å². The zero-order valence-electron chi connectivity index (χ0n) is 10.3. The quantitative estimate of drug-likeness (QED) is 0.699. The van der Waals surface area contributed by atoms with Crippen LogP contribution in [0, 0.1) is 0 Å². The summed E-state index contributed by atoms with van der Waals surface area (Å²) in [6, 6.07) is 6.08. The summed E-state index contributed by atoms with van der Waals surface area (Å²) in [7, 11) is 0. The van der Waals surface area contributed by atoms with E-state index in [1.54, 1.807) is 29.2 Å². The number of β-amino-alcohol motifs (C(OH)–C–C–N with tert-alkyl or cyclic N) is 1. The molecule has 1 aromatic carbocycles. The highest BCUT2D eigenvalue weighted by Crippen LogP contribution is 2.21. The topological polar surface area (TPSA) is 104 Å². The summed E-state index contributed by atoms with van der Waals surface area (Å²) in [6.45, 7) is 0.687. The molecule has 0 aliphatic carbocycles. The highest BCUT2D eigenvalue weighted by Gasteiger charge is 2.35. The summed E-state index contributed by atoms with van der Waals surface area (Å²) in [4.78, 5) is 23.9. The molecule has 0 spiro atoms. The monoisotopic (exact) mass is 264 g/mol. The maximum absolute atomic E-state index is 11.1. The van der Waals surface area contributed by atoms with Gasteiger partial charge in [-0.1, -0.05) is 12.1 Å². The van der Waals surface area contributed by atoms with Crippen molar-refractivity contribution in [3.8, 4) is 0 Å². The van der Waals surface area contributed by atoms with E-state index in [2.05, 4.69) is 0 Å². The molecule has 1 aliphatic rings. The van der Waals surface area contributed by atoms with Gasteiger partial charge in [-0.25, -0.2) is 0 Å². The molecule has 0 aromatic heterocycles. The van der Waals surface area contributed by atoms with Gasteiger partial charge < -0.3 is 15.9 Å². The number of benzene rings is 1. The molecule has 1 saturated heterocycles. The molecule has 0 radical (unpaired) electrons. The van der Waals surface area contributed by atoms with Gasteiger partial charge in [0.2, 0.25) is 5.91 Å². The highest BCUT2D eigenvalue weighted by molar-refractivity contribution is 5.92. The zero-order valence-corrected chi connectivity index (χ0v) is 10.3. The van der Waals surface area contributed by atoms with Crippen LogP contribution in [0.4, 0.5) is 0 Å². The molecule has 0 bridgehead atoms. The van der Waals surface area contributed by atoms with E-state index < -0.39 is 24.0 Å². The van der Waals surface area contributed by atoms with Crippen molar-refractivity contribution in [3.63, 3.8) is 0 Å². The fourth-order valence-corrected chi connectivity index (χ4v) is 2.37. The van der Waals surface area contributed by atoms with Gasteiger partial charge >= 0.3 is 5.97 Å². The van der Waals surface area contributed by atoms with Crippen molar-refractivity contribution in [1.82, 2.24) is 4.90 Å². The van der Waals surface area contributed by atoms with E-state index in [9.17, 15) is 14.7 Å². The molecule has 4 N–H and O–H groups in total. The van der Waals surface area contributed by atoms with Gasteiger partial charge in [-0.2, -0.15) is 0 Å². The Labute approximate surface area is 110 Å². The number of nitrogens with zero attached hydrogens (tertiary/aromatic N) is 1. The number of carboxylic acid groups (broad SMARTS) is 1. The minimum Gasteiger partial charge on any atom is -0.480 e. The van der Waals surface area contributed by atoms with Crippen LogP contribution in [0.1, 0.15) is 22.3 Å². The number of hydrogen-bond donors (Lipinski definition) is 3. The number of aliphatic hydroxyl groups is 1. The number of aliphatic hydroxyl groups excluding tert-OH is 1. The molecule has 1 aliphatic heterocycles. The van der Waals surface area contributed by atoms with Crippen LogP contribution in [0.3, 0.4) is 0 Å². The smallest absolute Gasteiger partial charge is 0.321 e. The van der Waals surface area contributed by atoms with Gasteiger partial charge in [0, 0.05) is 25.1 Å². The van der Waals surface area contributed by atoms with E-state index in [-0.39, 0.29) is 6.42 Å². The third kappa shape index (κ3) is 3.10. The third-order valence-electron chi connectivity index (χ3n) is 3.26. The number of likely N-dealkylation sites (tertiary alicyclic amines) is 1. The van der Waals surface area contributed by atoms with E-state index >= 15 is 0 Å². The van der Waals surface area contributed by atoms with E-state index in [1.807, 2.05) is 0 Å². The molecular formula is C13H16N2O4. The van der Waals surface area contributed by atoms with Crippen molar-refractivity contribution in [1.29, 1.82) is 0 Å². The van der Waals surface area contributed by atoms with Gasteiger partial charge in [-0.3, -0.25) is 14.5 Å². The second-order valence-electron chi connectivity index (χ2n) is 4.74. The maximum Gasteiger partial charge on any atom is 0.321 e.